The number of ether oxygens (including phenoxy) is 1. The van der Waals surface area contributed by atoms with Crippen LogP contribution in [0.1, 0.15) is 31.1 Å². The lowest BCUT2D eigenvalue weighted by molar-refractivity contribution is 0.0140. The fourth-order valence-electron chi connectivity index (χ4n) is 2.30. The second-order valence-corrected chi connectivity index (χ2v) is 6.50. The van der Waals surface area contributed by atoms with E-state index in [0.29, 0.717) is 31.9 Å². The Morgan fingerprint density at radius 3 is 2.26 bits per heavy atom. The van der Waals surface area contributed by atoms with Crippen LogP contribution in [0.25, 0.3) is 0 Å². The second-order valence-electron chi connectivity index (χ2n) is 6.50. The van der Waals surface area contributed by atoms with Gasteiger partial charge < -0.3 is 20.3 Å². The highest BCUT2D eigenvalue weighted by atomic mass is 19.1. The van der Waals surface area contributed by atoms with Gasteiger partial charge in [0.2, 0.25) is 0 Å². The molecule has 2 rings (SSSR count). The lowest BCUT2D eigenvalue weighted by Gasteiger charge is -2.35. The molecule has 1 saturated heterocycles. The molecule has 6 nitrogen and oxygen atoms in total. The second kappa shape index (κ2) is 6.44. The van der Waals surface area contributed by atoms with Crippen molar-refractivity contribution in [1.82, 2.24) is 9.80 Å². The normalized spacial score (nSPS) is 15.5. The van der Waals surface area contributed by atoms with E-state index in [9.17, 15) is 14.0 Å². The quantitative estimate of drug-likeness (QED) is 0.803. The highest BCUT2D eigenvalue weighted by Crippen LogP contribution is 2.17. The van der Waals surface area contributed by atoms with Gasteiger partial charge in [-0.25, -0.2) is 9.18 Å². The van der Waals surface area contributed by atoms with Gasteiger partial charge in [-0.15, -0.1) is 0 Å². The number of benzene rings is 1. The van der Waals surface area contributed by atoms with Crippen molar-refractivity contribution >= 4 is 17.7 Å². The van der Waals surface area contributed by atoms with Crippen molar-refractivity contribution in [1.29, 1.82) is 0 Å². The zero-order valence-corrected chi connectivity index (χ0v) is 13.6. The molecule has 2 N–H and O–H groups in total. The Balaban J connectivity index is 1.97. The molecule has 2 amide bonds. The Morgan fingerprint density at radius 1 is 1.13 bits per heavy atom. The minimum atomic E-state index is -0.598. The number of nitrogen functional groups attached to an aromatic ring is 1. The summed E-state index contributed by atoms with van der Waals surface area (Å²) in [5.41, 5.74) is 5.34. The molecule has 23 heavy (non-hydrogen) atoms. The molecule has 1 aromatic carbocycles. The Hall–Kier alpha value is -2.31. The Bertz CT molecular complexity index is 605. The molecule has 0 aromatic heterocycles. The Kier molecular flexibility index (Phi) is 4.77. The fourth-order valence-corrected chi connectivity index (χ4v) is 2.30. The zero-order valence-electron chi connectivity index (χ0n) is 13.6. The number of hydrogen-bond acceptors (Lipinski definition) is 4. The number of anilines is 1. The zero-order chi connectivity index (χ0) is 17.2. The monoisotopic (exact) mass is 323 g/mol. The maximum atomic E-state index is 13.8. The van der Waals surface area contributed by atoms with Crippen molar-refractivity contribution in [2.45, 2.75) is 26.4 Å². The van der Waals surface area contributed by atoms with Gasteiger partial charge in [-0.2, -0.15) is 0 Å². The van der Waals surface area contributed by atoms with Gasteiger partial charge in [0.1, 0.15) is 11.4 Å². The number of carbonyl (C=O) groups excluding carboxylic acids is 2. The van der Waals surface area contributed by atoms with E-state index in [1.165, 1.54) is 23.1 Å². The number of rotatable bonds is 1. The highest BCUT2D eigenvalue weighted by molar-refractivity contribution is 5.95. The minimum Gasteiger partial charge on any atom is -0.444 e. The van der Waals surface area contributed by atoms with E-state index >= 15 is 0 Å². The van der Waals surface area contributed by atoms with E-state index in [1.54, 1.807) is 25.7 Å². The minimum absolute atomic E-state index is 0.0456. The van der Waals surface area contributed by atoms with Gasteiger partial charge in [-0.05, 0) is 39.0 Å². The van der Waals surface area contributed by atoms with Crippen LogP contribution in [-0.2, 0) is 4.74 Å². The molecule has 126 valence electrons. The van der Waals surface area contributed by atoms with Gasteiger partial charge in [-0.3, -0.25) is 4.79 Å². The van der Waals surface area contributed by atoms with Crippen LogP contribution in [0.3, 0.4) is 0 Å². The number of carbonyl (C=O) groups is 2. The average Bonchev–Trinajstić information content (AvgIpc) is 2.47. The standard InChI is InChI=1S/C16H22FN3O3/c1-16(2,3)23-15(22)20-8-6-19(7-9-20)14(21)12-10-11(18)4-5-13(12)17/h4-5,10H,6-9,18H2,1-3H3. The number of halogens is 1. The first-order chi connectivity index (χ1) is 10.7. The van der Waals surface area contributed by atoms with Crippen LogP contribution >= 0.6 is 0 Å². The fraction of sp³-hybridized carbons (Fsp3) is 0.500. The maximum Gasteiger partial charge on any atom is 0.410 e. The molecule has 1 heterocycles. The van der Waals surface area contributed by atoms with Crippen molar-refractivity contribution in [3.05, 3.63) is 29.6 Å². The molecular weight excluding hydrogens is 301 g/mol. The Morgan fingerprint density at radius 2 is 1.70 bits per heavy atom. The van der Waals surface area contributed by atoms with Crippen LogP contribution < -0.4 is 5.73 Å². The summed E-state index contributed by atoms with van der Waals surface area (Å²) in [6.45, 7) is 6.75. The van der Waals surface area contributed by atoms with Crippen LogP contribution in [0.4, 0.5) is 14.9 Å². The number of nitrogens with two attached hydrogens (primary N) is 1. The molecule has 0 spiro atoms. The summed E-state index contributed by atoms with van der Waals surface area (Å²) in [6.07, 6.45) is -0.403. The number of nitrogens with zero attached hydrogens (tertiary/aromatic N) is 2. The predicted octanol–water partition coefficient (Wildman–Crippen LogP) is 2.10. The van der Waals surface area contributed by atoms with Gasteiger partial charge in [0.25, 0.3) is 5.91 Å². The SMILES string of the molecule is CC(C)(C)OC(=O)N1CCN(C(=O)c2cc(N)ccc2F)CC1. The van der Waals surface area contributed by atoms with Crippen molar-refractivity contribution in [2.24, 2.45) is 0 Å². The van der Waals surface area contributed by atoms with Crippen LogP contribution in [-0.4, -0.2) is 53.6 Å². The number of amides is 2. The number of piperazine rings is 1. The van der Waals surface area contributed by atoms with Gasteiger partial charge in [0.05, 0.1) is 5.56 Å². The van der Waals surface area contributed by atoms with Crippen LogP contribution in [0.5, 0.6) is 0 Å². The molecule has 7 heteroatoms. The molecule has 1 aromatic rings. The molecule has 0 atom stereocenters. The summed E-state index contributed by atoms with van der Waals surface area (Å²) >= 11 is 0. The van der Waals surface area contributed by atoms with E-state index < -0.39 is 23.4 Å². The summed E-state index contributed by atoms with van der Waals surface area (Å²) in [7, 11) is 0. The van der Waals surface area contributed by atoms with Gasteiger partial charge in [0, 0.05) is 31.9 Å². The molecule has 0 bridgehead atoms. The van der Waals surface area contributed by atoms with E-state index in [2.05, 4.69) is 0 Å². The molecule has 1 aliphatic rings. The first-order valence-electron chi connectivity index (χ1n) is 7.49. The molecule has 0 aliphatic carbocycles. The van der Waals surface area contributed by atoms with E-state index in [0.717, 1.165) is 0 Å². The summed E-state index contributed by atoms with van der Waals surface area (Å²) in [5, 5.41) is 0. The van der Waals surface area contributed by atoms with E-state index in [-0.39, 0.29) is 5.56 Å². The van der Waals surface area contributed by atoms with Crippen molar-refractivity contribution in [2.75, 3.05) is 31.9 Å². The molecule has 1 aliphatic heterocycles. The molecule has 0 unspecified atom stereocenters. The molecular formula is C16H22FN3O3. The van der Waals surface area contributed by atoms with Gasteiger partial charge in [0.15, 0.2) is 0 Å². The van der Waals surface area contributed by atoms with Crippen LogP contribution in [0.15, 0.2) is 18.2 Å². The first kappa shape index (κ1) is 17.1. The summed E-state index contributed by atoms with van der Waals surface area (Å²) < 4.78 is 19.1. The lowest BCUT2D eigenvalue weighted by Crippen LogP contribution is -2.51. The summed E-state index contributed by atoms with van der Waals surface area (Å²) in [5.74, 6) is -1.02. The third kappa shape index (κ3) is 4.34. The average molecular weight is 323 g/mol. The van der Waals surface area contributed by atoms with Crippen LogP contribution in [0, 0.1) is 5.82 Å². The van der Waals surface area contributed by atoms with Crippen LogP contribution in [0.2, 0.25) is 0 Å². The largest absolute Gasteiger partial charge is 0.444 e. The van der Waals surface area contributed by atoms with Crippen molar-refractivity contribution in [3.8, 4) is 0 Å². The Labute approximate surface area is 135 Å². The third-order valence-corrected chi connectivity index (χ3v) is 3.44. The van der Waals surface area contributed by atoms with Crippen molar-refractivity contribution in [3.63, 3.8) is 0 Å². The number of hydrogen-bond donors (Lipinski definition) is 1. The summed E-state index contributed by atoms with van der Waals surface area (Å²) in [6, 6.07) is 3.92. The smallest absolute Gasteiger partial charge is 0.410 e. The molecule has 1 fully saturated rings. The highest BCUT2D eigenvalue weighted by Gasteiger charge is 2.28. The van der Waals surface area contributed by atoms with E-state index in [1.807, 2.05) is 0 Å². The topological polar surface area (TPSA) is 75.9 Å². The van der Waals surface area contributed by atoms with E-state index in [4.69, 9.17) is 10.5 Å². The summed E-state index contributed by atoms with van der Waals surface area (Å²) in [4.78, 5) is 27.4. The lowest BCUT2D eigenvalue weighted by atomic mass is 10.1. The maximum absolute atomic E-state index is 13.8. The third-order valence-electron chi connectivity index (χ3n) is 3.44. The van der Waals surface area contributed by atoms with Crippen molar-refractivity contribution < 1.29 is 18.7 Å². The molecule has 0 saturated carbocycles. The van der Waals surface area contributed by atoms with Gasteiger partial charge >= 0.3 is 6.09 Å². The first-order valence-corrected chi connectivity index (χ1v) is 7.49. The van der Waals surface area contributed by atoms with Gasteiger partial charge in [-0.1, -0.05) is 0 Å². The molecule has 0 radical (unpaired) electrons. The predicted molar refractivity (Wildman–Crippen MR) is 84.5 cm³/mol.